The number of nitrogens with zero attached hydrogens (tertiary/aromatic N) is 4. The van der Waals surface area contributed by atoms with Crippen LogP contribution in [0.25, 0.3) is 77.7 Å². The molecule has 0 amide bonds. The Morgan fingerprint density at radius 1 is 0.272 bits per heavy atom. The molecule has 2 aromatic heterocycles. The summed E-state index contributed by atoms with van der Waals surface area (Å²) in [6, 6.07) is 87.8. The fraction of sp³-hybridized carbons (Fsp3) is 0.195. The van der Waals surface area contributed by atoms with Crippen molar-refractivity contribution in [2.45, 2.75) is 105 Å². The lowest BCUT2D eigenvalue weighted by Crippen LogP contribution is -2.41. The van der Waals surface area contributed by atoms with Crippen LogP contribution in [-0.2, 0) is 18.6 Å². The van der Waals surface area contributed by atoms with Gasteiger partial charge in [0.1, 0.15) is 0 Å². The first-order valence-electron chi connectivity index (χ1n) is 32.0. The summed E-state index contributed by atoms with van der Waals surface area (Å²) in [5.74, 6) is 0. The maximum absolute atomic E-state index is 6.47. The van der Waals surface area contributed by atoms with Crippen molar-refractivity contribution in [3.63, 3.8) is 0 Å². The molecule has 0 bridgehead atoms. The van der Waals surface area contributed by atoms with Gasteiger partial charge in [0, 0.05) is 56.0 Å². The van der Waals surface area contributed by atoms with Crippen molar-refractivity contribution in [3.05, 3.63) is 265 Å². The molecule has 2 fully saturated rings. The molecule has 0 atom stereocenters. The zero-order valence-corrected chi connectivity index (χ0v) is 54.7. The van der Waals surface area contributed by atoms with Gasteiger partial charge in [-0.2, -0.15) is 0 Å². The maximum atomic E-state index is 6.47. The minimum absolute atomic E-state index is 0.446. The molecule has 12 aromatic rings. The average molecular weight is 1200 g/mol. The summed E-state index contributed by atoms with van der Waals surface area (Å²) >= 11 is 0. The molecule has 2 aliphatic rings. The Morgan fingerprint density at radius 3 is 0.783 bits per heavy atom. The van der Waals surface area contributed by atoms with Crippen molar-refractivity contribution in [1.82, 2.24) is 9.97 Å². The van der Waals surface area contributed by atoms with Crippen LogP contribution in [0.1, 0.15) is 77.6 Å². The monoisotopic (exact) mass is 1200 g/mol. The van der Waals surface area contributed by atoms with E-state index in [2.05, 4.69) is 336 Å². The Morgan fingerprint density at radius 2 is 0.511 bits per heavy atom. The lowest BCUT2D eigenvalue weighted by molar-refractivity contribution is 0.00578. The first-order valence-corrected chi connectivity index (χ1v) is 32.0. The van der Waals surface area contributed by atoms with Gasteiger partial charge in [0.15, 0.2) is 0 Å². The fourth-order valence-corrected chi connectivity index (χ4v) is 12.4. The largest absolute Gasteiger partial charge is 0.494 e. The Kier molecular flexibility index (Phi) is 15.3. The van der Waals surface area contributed by atoms with Crippen molar-refractivity contribution in [2.24, 2.45) is 0 Å². The van der Waals surface area contributed by atoms with Gasteiger partial charge in [0.2, 0.25) is 0 Å². The fourth-order valence-electron chi connectivity index (χ4n) is 12.4. The van der Waals surface area contributed by atoms with Gasteiger partial charge in [0.25, 0.3) is 0 Å². The maximum Gasteiger partial charge on any atom is 0.494 e. The molecule has 0 radical (unpaired) electrons. The normalized spacial score (nSPS) is 15.5. The van der Waals surface area contributed by atoms with Crippen LogP contribution in [0, 0.1) is 27.7 Å². The van der Waals surface area contributed by atoms with Crippen LogP contribution in [0.2, 0.25) is 0 Å². The molecule has 454 valence electrons. The molecular weight excluding hydrogens is 1130 g/mol. The molecule has 10 aromatic carbocycles. The standard InChI is InChI=1S/C82H76B2N4O4/c1-53-13-35-65(36-14-53)87(66-37-15-54(2)16-38-66)69-43-25-57(26-44-69)71-51-77(59-21-31-63(32-22-59)83-89-79(5,6)80(7,8)90-83)85-75-47-29-61(49-73(71)75)62-30-48-76-74(50-62)72(52-78(86-76)60-23-33-64(34-24-60)84-91-81(9,10)82(11,12)92-84)58-27-45-70(46-28-58)88(67-39-17-55(3)18-40-67)68-41-19-56(4)20-42-68/h13-52H,1-12H3. The van der Waals surface area contributed by atoms with E-state index in [1.54, 1.807) is 0 Å². The predicted molar refractivity (Wildman–Crippen MR) is 384 cm³/mol. The van der Waals surface area contributed by atoms with Crippen molar-refractivity contribution in [3.8, 4) is 55.9 Å². The van der Waals surface area contributed by atoms with E-state index in [-0.39, 0.29) is 0 Å². The summed E-state index contributed by atoms with van der Waals surface area (Å²) in [5, 5.41) is 2.09. The molecule has 8 nitrogen and oxygen atoms in total. The highest BCUT2D eigenvalue weighted by Gasteiger charge is 2.53. The number of hydrogen-bond acceptors (Lipinski definition) is 8. The Labute approximate surface area is 542 Å². The summed E-state index contributed by atoms with van der Waals surface area (Å²) < 4.78 is 25.9. The third kappa shape index (κ3) is 11.5. The summed E-state index contributed by atoms with van der Waals surface area (Å²) in [6.45, 7) is 25.2. The van der Waals surface area contributed by atoms with Gasteiger partial charge in [-0.1, -0.05) is 156 Å². The zero-order chi connectivity index (χ0) is 63.8. The first kappa shape index (κ1) is 60.2. The molecule has 0 saturated carbocycles. The van der Waals surface area contributed by atoms with Crippen LogP contribution in [-0.4, -0.2) is 46.6 Å². The molecule has 2 saturated heterocycles. The van der Waals surface area contributed by atoms with E-state index in [9.17, 15) is 0 Å². The van der Waals surface area contributed by atoms with Gasteiger partial charge in [-0.15, -0.1) is 0 Å². The number of fused-ring (bicyclic) bond motifs is 2. The minimum atomic E-state index is -0.466. The van der Waals surface area contributed by atoms with Crippen LogP contribution in [0.3, 0.4) is 0 Å². The lowest BCUT2D eigenvalue weighted by Gasteiger charge is -2.32. The van der Waals surface area contributed by atoms with Crippen LogP contribution >= 0.6 is 0 Å². The van der Waals surface area contributed by atoms with E-state index in [1.807, 2.05) is 0 Å². The smallest absolute Gasteiger partial charge is 0.399 e. The molecule has 4 heterocycles. The van der Waals surface area contributed by atoms with E-state index in [4.69, 9.17) is 28.6 Å². The van der Waals surface area contributed by atoms with Crippen LogP contribution in [0.15, 0.2) is 243 Å². The number of aromatic nitrogens is 2. The predicted octanol–water partition coefficient (Wildman–Crippen LogP) is 19.9. The number of pyridine rings is 2. The topological polar surface area (TPSA) is 69.2 Å². The molecule has 10 heteroatoms. The van der Waals surface area contributed by atoms with E-state index >= 15 is 0 Å². The molecule has 0 N–H and O–H groups in total. The Hall–Kier alpha value is -9.41. The number of anilines is 6. The summed E-state index contributed by atoms with van der Waals surface area (Å²) in [4.78, 5) is 15.5. The number of rotatable bonds is 13. The number of benzene rings is 10. The number of hydrogen-bond donors (Lipinski definition) is 0. The highest BCUT2D eigenvalue weighted by molar-refractivity contribution is 6.62. The van der Waals surface area contributed by atoms with Crippen molar-refractivity contribution >= 4 is 81.1 Å². The second-order valence-electron chi connectivity index (χ2n) is 27.1. The van der Waals surface area contributed by atoms with E-state index < -0.39 is 36.6 Å². The van der Waals surface area contributed by atoms with E-state index in [1.165, 1.54) is 22.3 Å². The van der Waals surface area contributed by atoms with E-state index in [0.29, 0.717) is 0 Å². The quantitative estimate of drug-likeness (QED) is 0.106. The van der Waals surface area contributed by atoms with Gasteiger partial charge in [0.05, 0.1) is 44.8 Å². The zero-order valence-electron chi connectivity index (χ0n) is 54.7. The highest BCUT2D eigenvalue weighted by atomic mass is 16.7. The minimum Gasteiger partial charge on any atom is -0.399 e. The molecular formula is C82H76B2N4O4. The van der Waals surface area contributed by atoms with Crippen molar-refractivity contribution in [2.75, 3.05) is 9.80 Å². The lowest BCUT2D eigenvalue weighted by atomic mass is 9.78. The van der Waals surface area contributed by atoms with Gasteiger partial charge in [-0.3, -0.25) is 0 Å². The number of aryl methyl sites for hydroxylation is 4. The third-order valence-electron chi connectivity index (χ3n) is 19.5. The van der Waals surface area contributed by atoms with E-state index in [0.717, 1.165) is 123 Å². The molecule has 92 heavy (non-hydrogen) atoms. The molecule has 14 rings (SSSR count). The molecule has 0 aliphatic carbocycles. The summed E-state index contributed by atoms with van der Waals surface area (Å²) in [7, 11) is -0.933. The summed E-state index contributed by atoms with van der Waals surface area (Å²) in [5.41, 5.74) is 23.5. The highest BCUT2D eigenvalue weighted by Crippen LogP contribution is 2.44. The Balaban J connectivity index is 0.882. The Bertz CT molecular complexity index is 4280. The molecule has 0 unspecified atom stereocenters. The molecule has 0 spiro atoms. The average Bonchev–Trinajstić information content (AvgIpc) is 1.31. The van der Waals surface area contributed by atoms with Gasteiger partial charge in [-0.25, -0.2) is 9.97 Å². The third-order valence-corrected chi connectivity index (χ3v) is 19.5. The molecule has 2 aliphatic heterocycles. The first-order chi connectivity index (χ1) is 44.1. The van der Waals surface area contributed by atoms with Gasteiger partial charge >= 0.3 is 14.2 Å². The van der Waals surface area contributed by atoms with Gasteiger partial charge in [-0.05, 0) is 237 Å². The van der Waals surface area contributed by atoms with Crippen molar-refractivity contribution in [1.29, 1.82) is 0 Å². The van der Waals surface area contributed by atoms with Gasteiger partial charge < -0.3 is 28.4 Å². The summed E-state index contributed by atoms with van der Waals surface area (Å²) in [6.07, 6.45) is 0. The SMILES string of the molecule is Cc1ccc(N(c2ccc(C)cc2)c2ccc(-c3cc(-c4ccc(B5OC(C)(C)C(C)(C)O5)cc4)nc4ccc(-c5ccc6nc(-c7ccc(B8OC(C)(C)C(C)(C)O8)cc7)cc(-c7ccc(N(c8ccc(C)cc8)c8ccc(C)cc8)cc7)c6c5)cc34)cc2)cc1. The van der Waals surface area contributed by atoms with Crippen LogP contribution < -0.4 is 20.7 Å². The van der Waals surface area contributed by atoms with Crippen molar-refractivity contribution < 1.29 is 18.6 Å². The second-order valence-corrected chi connectivity index (χ2v) is 27.1. The van der Waals surface area contributed by atoms with Crippen LogP contribution in [0.5, 0.6) is 0 Å². The van der Waals surface area contributed by atoms with Crippen LogP contribution in [0.4, 0.5) is 34.1 Å². The second kappa shape index (κ2) is 23.4.